The van der Waals surface area contributed by atoms with Crippen LogP contribution in [0, 0.1) is 0 Å². The van der Waals surface area contributed by atoms with Crippen LogP contribution < -0.4 is 5.32 Å². The fourth-order valence-corrected chi connectivity index (χ4v) is 3.04. The lowest BCUT2D eigenvalue weighted by Gasteiger charge is -2.17. The summed E-state index contributed by atoms with van der Waals surface area (Å²) in [6, 6.07) is 24.4. The molecule has 0 amide bonds. The highest BCUT2D eigenvalue weighted by atomic mass is 16.3. The van der Waals surface area contributed by atoms with E-state index in [-0.39, 0.29) is 11.8 Å². The summed E-state index contributed by atoms with van der Waals surface area (Å²) in [6.07, 6.45) is 0. The second-order valence-electron chi connectivity index (χ2n) is 5.30. The van der Waals surface area contributed by atoms with Gasteiger partial charge >= 0.3 is 0 Å². The number of hydrogen-bond donors (Lipinski definition) is 2. The quantitative estimate of drug-likeness (QED) is 0.670. The number of hydrogen-bond acceptors (Lipinski definition) is 2. The Balaban J connectivity index is 1.79. The van der Waals surface area contributed by atoms with E-state index in [0.29, 0.717) is 0 Å². The SMILES string of the molecule is Oc1ccc(NC2c3ccccc3-c3ccccc32)cc1. The van der Waals surface area contributed by atoms with Crippen LogP contribution in [0.5, 0.6) is 5.75 Å². The molecule has 1 aliphatic carbocycles. The summed E-state index contributed by atoms with van der Waals surface area (Å²) in [6.45, 7) is 0. The van der Waals surface area contributed by atoms with Crippen LogP contribution in [-0.4, -0.2) is 5.11 Å². The number of anilines is 1. The monoisotopic (exact) mass is 273 g/mol. The van der Waals surface area contributed by atoms with Crippen LogP contribution in [0.1, 0.15) is 17.2 Å². The van der Waals surface area contributed by atoms with Crippen LogP contribution in [0.25, 0.3) is 11.1 Å². The summed E-state index contributed by atoms with van der Waals surface area (Å²) in [7, 11) is 0. The smallest absolute Gasteiger partial charge is 0.115 e. The molecular weight excluding hydrogens is 258 g/mol. The average molecular weight is 273 g/mol. The summed E-state index contributed by atoms with van der Waals surface area (Å²) in [5.74, 6) is 0.285. The van der Waals surface area contributed by atoms with Gasteiger partial charge in [0.05, 0.1) is 6.04 Å². The summed E-state index contributed by atoms with van der Waals surface area (Å²) in [5.41, 5.74) is 6.19. The molecule has 0 fully saturated rings. The molecule has 3 aromatic carbocycles. The Morgan fingerprint density at radius 3 is 1.76 bits per heavy atom. The second kappa shape index (κ2) is 4.67. The third kappa shape index (κ3) is 1.96. The van der Waals surface area contributed by atoms with E-state index < -0.39 is 0 Å². The lowest BCUT2D eigenvalue weighted by molar-refractivity contribution is 0.475. The fourth-order valence-electron chi connectivity index (χ4n) is 3.04. The number of fused-ring (bicyclic) bond motifs is 3. The molecule has 0 unspecified atom stereocenters. The molecule has 2 N–H and O–H groups in total. The Bertz CT molecular complexity index is 747. The van der Waals surface area contributed by atoms with Crippen LogP contribution in [0.2, 0.25) is 0 Å². The van der Waals surface area contributed by atoms with Crippen LogP contribution in [-0.2, 0) is 0 Å². The number of phenols is 1. The molecule has 4 rings (SSSR count). The van der Waals surface area contributed by atoms with Gasteiger partial charge in [0, 0.05) is 5.69 Å². The zero-order chi connectivity index (χ0) is 14.2. The van der Waals surface area contributed by atoms with Gasteiger partial charge in [0.25, 0.3) is 0 Å². The van der Waals surface area contributed by atoms with Crippen molar-refractivity contribution >= 4 is 5.69 Å². The maximum absolute atomic E-state index is 9.41. The first-order valence-electron chi connectivity index (χ1n) is 7.07. The average Bonchev–Trinajstić information content (AvgIpc) is 2.85. The number of benzene rings is 3. The van der Waals surface area contributed by atoms with Crippen LogP contribution in [0.15, 0.2) is 72.8 Å². The molecule has 0 heterocycles. The molecule has 0 radical (unpaired) electrons. The fraction of sp³-hybridized carbons (Fsp3) is 0.0526. The topological polar surface area (TPSA) is 32.3 Å². The van der Waals surface area contributed by atoms with Crippen molar-refractivity contribution in [1.29, 1.82) is 0 Å². The van der Waals surface area contributed by atoms with Gasteiger partial charge in [-0.1, -0.05) is 48.5 Å². The molecule has 0 bridgehead atoms. The van der Waals surface area contributed by atoms with E-state index in [1.165, 1.54) is 22.3 Å². The second-order valence-corrected chi connectivity index (χ2v) is 5.30. The van der Waals surface area contributed by atoms with Gasteiger partial charge < -0.3 is 10.4 Å². The summed E-state index contributed by atoms with van der Waals surface area (Å²) < 4.78 is 0. The van der Waals surface area contributed by atoms with Crippen molar-refractivity contribution in [2.24, 2.45) is 0 Å². The molecule has 0 aliphatic heterocycles. The van der Waals surface area contributed by atoms with Gasteiger partial charge in [-0.25, -0.2) is 0 Å². The van der Waals surface area contributed by atoms with E-state index in [2.05, 4.69) is 53.8 Å². The minimum absolute atomic E-state index is 0.155. The number of nitrogens with one attached hydrogen (secondary N) is 1. The zero-order valence-corrected chi connectivity index (χ0v) is 11.5. The highest BCUT2D eigenvalue weighted by Crippen LogP contribution is 2.44. The largest absolute Gasteiger partial charge is 0.508 e. The maximum atomic E-state index is 9.41. The molecule has 21 heavy (non-hydrogen) atoms. The predicted molar refractivity (Wildman–Crippen MR) is 85.5 cm³/mol. The molecule has 2 heteroatoms. The third-order valence-electron chi connectivity index (χ3n) is 4.01. The molecule has 1 aliphatic rings. The van der Waals surface area contributed by atoms with Gasteiger partial charge in [-0.2, -0.15) is 0 Å². The van der Waals surface area contributed by atoms with Crippen molar-refractivity contribution in [3.05, 3.63) is 83.9 Å². The Labute approximate surface area is 123 Å². The van der Waals surface area contributed by atoms with Gasteiger partial charge in [0.2, 0.25) is 0 Å². The van der Waals surface area contributed by atoms with Gasteiger partial charge in [-0.15, -0.1) is 0 Å². The third-order valence-corrected chi connectivity index (χ3v) is 4.01. The van der Waals surface area contributed by atoms with E-state index >= 15 is 0 Å². The molecule has 0 spiro atoms. The van der Waals surface area contributed by atoms with Crippen molar-refractivity contribution in [2.75, 3.05) is 5.32 Å². The zero-order valence-electron chi connectivity index (χ0n) is 11.5. The molecular formula is C19H15NO. The highest BCUT2D eigenvalue weighted by Gasteiger charge is 2.27. The normalized spacial score (nSPS) is 12.8. The van der Waals surface area contributed by atoms with Crippen molar-refractivity contribution in [3.8, 4) is 16.9 Å². The summed E-state index contributed by atoms with van der Waals surface area (Å²) >= 11 is 0. The van der Waals surface area contributed by atoms with Gasteiger partial charge in [-0.05, 0) is 46.5 Å². The lowest BCUT2D eigenvalue weighted by Crippen LogP contribution is -2.08. The Hall–Kier alpha value is -2.74. The molecule has 2 nitrogen and oxygen atoms in total. The minimum atomic E-state index is 0.155. The van der Waals surface area contributed by atoms with Gasteiger partial charge in [-0.3, -0.25) is 0 Å². The predicted octanol–water partition coefficient (Wildman–Crippen LogP) is 4.57. The lowest BCUT2D eigenvalue weighted by atomic mass is 10.1. The summed E-state index contributed by atoms with van der Waals surface area (Å²) in [4.78, 5) is 0. The number of phenolic OH excluding ortho intramolecular Hbond substituents is 1. The Kier molecular flexibility index (Phi) is 2.68. The molecule has 0 saturated carbocycles. The van der Waals surface area contributed by atoms with Crippen LogP contribution >= 0.6 is 0 Å². The van der Waals surface area contributed by atoms with Gasteiger partial charge in [0.1, 0.15) is 5.75 Å². The number of aromatic hydroxyl groups is 1. The highest BCUT2D eigenvalue weighted by molar-refractivity contribution is 5.80. The maximum Gasteiger partial charge on any atom is 0.115 e. The Morgan fingerprint density at radius 2 is 1.19 bits per heavy atom. The standard InChI is InChI=1S/C19H15NO/c21-14-11-9-13(10-12-14)20-19-17-7-3-1-5-15(17)16-6-2-4-8-18(16)19/h1-12,19-21H. The van der Waals surface area contributed by atoms with Crippen molar-refractivity contribution in [1.82, 2.24) is 0 Å². The first-order valence-corrected chi connectivity index (χ1v) is 7.07. The minimum Gasteiger partial charge on any atom is -0.508 e. The Morgan fingerprint density at radius 1 is 0.667 bits per heavy atom. The molecule has 0 aromatic heterocycles. The molecule has 0 saturated heterocycles. The van der Waals surface area contributed by atoms with Crippen LogP contribution in [0.4, 0.5) is 5.69 Å². The molecule has 3 aromatic rings. The first kappa shape index (κ1) is 12.0. The summed E-state index contributed by atoms with van der Waals surface area (Å²) in [5, 5.41) is 13.0. The molecule has 0 atom stereocenters. The number of rotatable bonds is 2. The van der Waals surface area contributed by atoms with E-state index in [1.807, 2.05) is 12.1 Å². The van der Waals surface area contributed by atoms with Crippen LogP contribution in [0.3, 0.4) is 0 Å². The van der Waals surface area contributed by atoms with E-state index in [9.17, 15) is 5.11 Å². The van der Waals surface area contributed by atoms with E-state index in [4.69, 9.17) is 0 Å². The van der Waals surface area contributed by atoms with Crippen molar-refractivity contribution < 1.29 is 5.11 Å². The van der Waals surface area contributed by atoms with E-state index in [1.54, 1.807) is 12.1 Å². The molecule has 102 valence electrons. The van der Waals surface area contributed by atoms with Crippen molar-refractivity contribution in [2.45, 2.75) is 6.04 Å². The van der Waals surface area contributed by atoms with Crippen molar-refractivity contribution in [3.63, 3.8) is 0 Å². The van der Waals surface area contributed by atoms with Gasteiger partial charge in [0.15, 0.2) is 0 Å². The first-order chi connectivity index (χ1) is 10.3. The van der Waals surface area contributed by atoms with E-state index in [0.717, 1.165) is 5.69 Å².